The van der Waals surface area contributed by atoms with Crippen molar-refractivity contribution in [3.05, 3.63) is 36.1 Å². The van der Waals surface area contributed by atoms with E-state index in [-0.39, 0.29) is 11.8 Å². The van der Waals surface area contributed by atoms with Crippen LogP contribution in [-0.2, 0) is 11.2 Å². The van der Waals surface area contributed by atoms with Gasteiger partial charge >= 0.3 is 0 Å². The molecule has 1 amide bonds. The van der Waals surface area contributed by atoms with Crippen LogP contribution in [0.15, 0.2) is 34.9 Å². The number of benzene rings is 1. The Morgan fingerprint density at radius 1 is 1.29 bits per heavy atom. The number of carbonyl (C=O) groups excluding carboxylic acids is 1. The molecule has 2 saturated heterocycles. The number of methoxy groups -OCH3 is 1. The van der Waals surface area contributed by atoms with Gasteiger partial charge in [0.05, 0.1) is 24.7 Å². The van der Waals surface area contributed by atoms with Crippen molar-refractivity contribution in [3.63, 3.8) is 0 Å². The van der Waals surface area contributed by atoms with E-state index in [0.717, 1.165) is 17.9 Å². The van der Waals surface area contributed by atoms with Gasteiger partial charge in [0.25, 0.3) is 0 Å². The smallest absolute Gasteiger partial charge is 0.229 e. The van der Waals surface area contributed by atoms with Gasteiger partial charge in [-0.3, -0.25) is 4.79 Å². The second-order valence-corrected chi connectivity index (χ2v) is 8.86. The number of aromatic nitrogens is 1. The third-order valence-corrected chi connectivity index (χ3v) is 6.53. The zero-order valence-electron chi connectivity index (χ0n) is 18.2. The average Bonchev–Trinajstić information content (AvgIpc) is 3.23. The molecular formula is C23H31N3O5. The van der Waals surface area contributed by atoms with E-state index in [9.17, 15) is 15.0 Å². The quantitative estimate of drug-likeness (QED) is 0.744. The average molecular weight is 430 g/mol. The van der Waals surface area contributed by atoms with Gasteiger partial charge < -0.3 is 29.3 Å². The minimum absolute atomic E-state index is 0.0129. The minimum atomic E-state index is -0.941. The van der Waals surface area contributed by atoms with Crippen molar-refractivity contribution in [1.82, 2.24) is 15.0 Å². The molecule has 31 heavy (non-hydrogen) atoms. The maximum Gasteiger partial charge on any atom is 0.229 e. The summed E-state index contributed by atoms with van der Waals surface area (Å²) in [6, 6.07) is 9.42. The fraction of sp³-hybridized carbons (Fsp3) is 0.565. The van der Waals surface area contributed by atoms with Crippen LogP contribution >= 0.6 is 0 Å². The molecule has 8 heteroatoms. The molecule has 0 unspecified atom stereocenters. The number of rotatable bonds is 5. The first-order valence-corrected chi connectivity index (χ1v) is 10.8. The lowest BCUT2D eigenvalue weighted by Gasteiger charge is -2.41. The van der Waals surface area contributed by atoms with Gasteiger partial charge in [0, 0.05) is 44.2 Å². The van der Waals surface area contributed by atoms with Crippen LogP contribution in [0, 0.1) is 5.92 Å². The number of amides is 1. The number of nitrogens with zero attached hydrogens (tertiary/aromatic N) is 3. The zero-order valence-corrected chi connectivity index (χ0v) is 18.2. The van der Waals surface area contributed by atoms with Crippen molar-refractivity contribution < 1.29 is 24.3 Å². The number of aliphatic hydroxyl groups excluding tert-OH is 1. The Morgan fingerprint density at radius 2 is 2.06 bits per heavy atom. The second-order valence-electron chi connectivity index (χ2n) is 8.86. The highest BCUT2D eigenvalue weighted by atomic mass is 16.5. The van der Waals surface area contributed by atoms with E-state index in [0.29, 0.717) is 56.8 Å². The number of aliphatic hydroxyl groups is 2. The van der Waals surface area contributed by atoms with Crippen LogP contribution in [0.3, 0.4) is 0 Å². The molecule has 0 saturated carbocycles. The van der Waals surface area contributed by atoms with E-state index in [4.69, 9.17) is 9.26 Å². The van der Waals surface area contributed by atoms with Crippen LogP contribution in [0.25, 0.3) is 11.3 Å². The topological polar surface area (TPSA) is 99.3 Å². The lowest BCUT2D eigenvalue weighted by molar-refractivity contribution is -0.146. The van der Waals surface area contributed by atoms with E-state index in [1.165, 1.54) is 0 Å². The monoisotopic (exact) mass is 429 g/mol. The first-order chi connectivity index (χ1) is 14.9. The maximum atomic E-state index is 12.9. The van der Waals surface area contributed by atoms with Gasteiger partial charge in [-0.25, -0.2) is 0 Å². The Balaban J connectivity index is 1.36. The van der Waals surface area contributed by atoms with E-state index >= 15 is 0 Å². The molecule has 1 aromatic carbocycles. The molecule has 2 aliphatic heterocycles. The lowest BCUT2D eigenvalue weighted by atomic mass is 9.86. The van der Waals surface area contributed by atoms with E-state index in [2.05, 4.69) is 10.1 Å². The molecule has 168 valence electrons. The molecule has 0 bridgehead atoms. The summed E-state index contributed by atoms with van der Waals surface area (Å²) in [5, 5.41) is 25.5. The van der Waals surface area contributed by atoms with Crippen molar-refractivity contribution in [2.45, 2.75) is 37.4 Å². The molecule has 1 aromatic heterocycles. The Morgan fingerprint density at radius 3 is 2.81 bits per heavy atom. The minimum Gasteiger partial charge on any atom is -0.497 e. The normalized spacial score (nSPS) is 24.2. The van der Waals surface area contributed by atoms with E-state index in [1.807, 2.05) is 37.4 Å². The summed E-state index contributed by atoms with van der Waals surface area (Å²) < 4.78 is 10.7. The summed E-state index contributed by atoms with van der Waals surface area (Å²) in [6.45, 7) is 2.32. The lowest BCUT2D eigenvalue weighted by Crippen LogP contribution is -2.54. The first-order valence-electron chi connectivity index (χ1n) is 10.8. The number of carbonyl (C=O) groups is 1. The van der Waals surface area contributed by atoms with Crippen LogP contribution in [0.4, 0.5) is 0 Å². The second kappa shape index (κ2) is 8.98. The molecule has 2 aliphatic rings. The molecule has 4 rings (SSSR count). The molecule has 0 spiro atoms. The SMILES string of the molecule is COc1cccc(-c2cc(CC3(O)CCN(C(=O)[C@@H]4CN(C)CC[C@H]4O)CC3)on2)c1. The largest absolute Gasteiger partial charge is 0.497 e. The molecule has 2 aromatic rings. The standard InChI is InChI=1S/C23H31N3O5/c1-25-9-6-21(27)19(15-25)22(28)26-10-7-23(29,8-11-26)14-18-13-20(24-31-18)16-4-3-5-17(12-16)30-2/h3-5,12-13,19,21,27,29H,6-11,14-15H2,1-2H3/t19-,21-/m1/s1. The highest BCUT2D eigenvalue weighted by Gasteiger charge is 2.39. The van der Waals surface area contributed by atoms with Crippen LogP contribution in [0.2, 0.25) is 0 Å². The van der Waals surface area contributed by atoms with Gasteiger partial charge in [0.1, 0.15) is 17.2 Å². The predicted octanol–water partition coefficient (Wildman–Crippen LogP) is 1.56. The van der Waals surface area contributed by atoms with Crippen molar-refractivity contribution in [2.24, 2.45) is 5.92 Å². The van der Waals surface area contributed by atoms with Gasteiger partial charge in [-0.2, -0.15) is 0 Å². The first kappa shape index (κ1) is 21.8. The van der Waals surface area contributed by atoms with Gasteiger partial charge in [-0.05, 0) is 38.4 Å². The van der Waals surface area contributed by atoms with E-state index < -0.39 is 11.7 Å². The summed E-state index contributed by atoms with van der Waals surface area (Å²) in [4.78, 5) is 16.8. The fourth-order valence-corrected chi connectivity index (χ4v) is 4.54. The number of hydrogen-bond acceptors (Lipinski definition) is 7. The van der Waals surface area contributed by atoms with Gasteiger partial charge in [0.15, 0.2) is 0 Å². The van der Waals surface area contributed by atoms with Crippen LogP contribution in [0.5, 0.6) is 5.75 Å². The molecule has 0 aliphatic carbocycles. The zero-order chi connectivity index (χ0) is 22.0. The Kier molecular flexibility index (Phi) is 6.31. The predicted molar refractivity (Wildman–Crippen MR) is 115 cm³/mol. The van der Waals surface area contributed by atoms with Gasteiger partial charge in [-0.15, -0.1) is 0 Å². The molecule has 3 heterocycles. The third kappa shape index (κ3) is 4.92. The fourth-order valence-electron chi connectivity index (χ4n) is 4.54. The molecule has 2 N–H and O–H groups in total. The number of likely N-dealkylation sites (tertiary alicyclic amines) is 2. The number of ether oxygens (including phenoxy) is 1. The summed E-state index contributed by atoms with van der Waals surface area (Å²) in [6.07, 6.45) is 1.31. The maximum absolute atomic E-state index is 12.9. The Bertz CT molecular complexity index is 906. The summed E-state index contributed by atoms with van der Waals surface area (Å²) in [7, 11) is 3.59. The summed E-state index contributed by atoms with van der Waals surface area (Å²) in [5.74, 6) is 0.960. The Labute approximate surface area is 182 Å². The number of piperidine rings is 2. The highest BCUT2D eigenvalue weighted by molar-refractivity contribution is 5.80. The molecule has 2 fully saturated rings. The summed E-state index contributed by atoms with van der Waals surface area (Å²) >= 11 is 0. The van der Waals surface area contributed by atoms with E-state index in [1.54, 1.807) is 12.0 Å². The van der Waals surface area contributed by atoms with Crippen molar-refractivity contribution in [3.8, 4) is 17.0 Å². The molecule has 0 radical (unpaired) electrons. The number of hydrogen-bond donors (Lipinski definition) is 2. The third-order valence-electron chi connectivity index (χ3n) is 6.53. The summed E-state index contributed by atoms with van der Waals surface area (Å²) in [5.41, 5.74) is 0.641. The molecule has 8 nitrogen and oxygen atoms in total. The van der Waals surface area contributed by atoms with Crippen molar-refractivity contribution in [2.75, 3.05) is 40.3 Å². The molecular weight excluding hydrogens is 398 g/mol. The van der Waals surface area contributed by atoms with Crippen LogP contribution in [-0.4, -0.2) is 83.1 Å². The van der Waals surface area contributed by atoms with Crippen molar-refractivity contribution in [1.29, 1.82) is 0 Å². The van der Waals surface area contributed by atoms with Crippen LogP contribution in [0.1, 0.15) is 25.0 Å². The molecule has 2 atom stereocenters. The van der Waals surface area contributed by atoms with Crippen molar-refractivity contribution >= 4 is 5.91 Å². The van der Waals surface area contributed by atoms with Gasteiger partial charge in [0.2, 0.25) is 5.91 Å². The Hall–Kier alpha value is -2.42. The van der Waals surface area contributed by atoms with Crippen LogP contribution < -0.4 is 4.74 Å². The van der Waals surface area contributed by atoms with Gasteiger partial charge in [-0.1, -0.05) is 17.3 Å². The highest BCUT2D eigenvalue weighted by Crippen LogP contribution is 2.30.